The third-order valence-electron chi connectivity index (χ3n) is 4.69. The minimum absolute atomic E-state index is 0.176. The van der Waals surface area contributed by atoms with Crippen LogP contribution < -0.4 is 5.32 Å². The van der Waals surface area contributed by atoms with Crippen LogP contribution in [0.3, 0.4) is 0 Å². The normalized spacial score (nSPS) is 18.1. The van der Waals surface area contributed by atoms with E-state index in [0.717, 1.165) is 18.5 Å². The second-order valence-electron chi connectivity index (χ2n) is 6.31. The van der Waals surface area contributed by atoms with Crippen molar-refractivity contribution in [2.75, 3.05) is 5.32 Å². The molecule has 104 valence electrons. The van der Waals surface area contributed by atoms with Crippen molar-refractivity contribution in [1.82, 2.24) is 0 Å². The number of benzene rings is 1. The Balaban J connectivity index is 2.14. The molecule has 1 fully saturated rings. The van der Waals surface area contributed by atoms with Gasteiger partial charge in [0.05, 0.1) is 0 Å². The average molecular weight is 259 g/mol. The van der Waals surface area contributed by atoms with E-state index in [1.807, 2.05) is 0 Å². The van der Waals surface area contributed by atoms with Crippen LogP contribution in [0, 0.1) is 26.2 Å². The molecule has 0 spiro atoms. The lowest BCUT2D eigenvalue weighted by atomic mass is 9.75. The Hall–Kier alpha value is -1.31. The van der Waals surface area contributed by atoms with Gasteiger partial charge in [-0.05, 0) is 62.4 Å². The van der Waals surface area contributed by atoms with Crippen molar-refractivity contribution < 1.29 is 4.79 Å². The molecule has 0 bridgehead atoms. The highest BCUT2D eigenvalue weighted by atomic mass is 16.2. The second-order valence-corrected chi connectivity index (χ2v) is 6.31. The number of rotatable bonds is 2. The van der Waals surface area contributed by atoms with Gasteiger partial charge in [0.15, 0.2) is 0 Å². The summed E-state index contributed by atoms with van der Waals surface area (Å²) >= 11 is 0. The molecule has 2 nitrogen and oxygen atoms in total. The minimum atomic E-state index is -0.176. The predicted molar refractivity (Wildman–Crippen MR) is 80.5 cm³/mol. The highest BCUT2D eigenvalue weighted by Gasteiger charge is 2.34. The Kier molecular flexibility index (Phi) is 3.98. The summed E-state index contributed by atoms with van der Waals surface area (Å²) in [6, 6.07) is 4.15. The van der Waals surface area contributed by atoms with Gasteiger partial charge in [0.1, 0.15) is 0 Å². The molecule has 0 aromatic heterocycles. The molecule has 0 heterocycles. The maximum absolute atomic E-state index is 12.5. The molecule has 0 saturated heterocycles. The van der Waals surface area contributed by atoms with E-state index in [0.29, 0.717) is 0 Å². The van der Waals surface area contributed by atoms with Gasteiger partial charge in [-0.25, -0.2) is 0 Å². The first-order chi connectivity index (χ1) is 8.92. The van der Waals surface area contributed by atoms with E-state index >= 15 is 0 Å². The molecule has 19 heavy (non-hydrogen) atoms. The Morgan fingerprint density at radius 2 is 1.58 bits per heavy atom. The van der Waals surface area contributed by atoms with Gasteiger partial charge >= 0.3 is 0 Å². The Bertz CT molecular complexity index is 461. The van der Waals surface area contributed by atoms with Gasteiger partial charge < -0.3 is 5.32 Å². The summed E-state index contributed by atoms with van der Waals surface area (Å²) in [6.45, 7) is 8.43. The van der Waals surface area contributed by atoms with Crippen LogP contribution in [0.15, 0.2) is 12.1 Å². The molecule has 2 rings (SSSR count). The minimum Gasteiger partial charge on any atom is -0.326 e. The molecule has 1 amide bonds. The second kappa shape index (κ2) is 5.36. The molecule has 1 saturated carbocycles. The zero-order valence-electron chi connectivity index (χ0n) is 12.6. The van der Waals surface area contributed by atoms with Crippen LogP contribution in [0.5, 0.6) is 0 Å². The van der Waals surface area contributed by atoms with Gasteiger partial charge in [0.2, 0.25) is 5.91 Å². The highest BCUT2D eigenvalue weighted by Crippen LogP contribution is 2.36. The lowest BCUT2D eigenvalue weighted by Gasteiger charge is -2.32. The summed E-state index contributed by atoms with van der Waals surface area (Å²) in [5.41, 5.74) is 4.55. The van der Waals surface area contributed by atoms with E-state index < -0.39 is 0 Å². The van der Waals surface area contributed by atoms with Gasteiger partial charge in [-0.15, -0.1) is 0 Å². The van der Waals surface area contributed by atoms with E-state index in [1.54, 1.807) is 0 Å². The number of carbonyl (C=O) groups is 1. The van der Waals surface area contributed by atoms with E-state index in [2.05, 4.69) is 45.1 Å². The molecule has 0 unspecified atom stereocenters. The number of nitrogens with one attached hydrogen (secondary N) is 1. The van der Waals surface area contributed by atoms with Crippen molar-refractivity contribution in [1.29, 1.82) is 0 Å². The molecule has 1 aliphatic rings. The number of anilines is 1. The van der Waals surface area contributed by atoms with Crippen molar-refractivity contribution in [3.05, 3.63) is 28.8 Å². The monoisotopic (exact) mass is 259 g/mol. The molecule has 0 radical (unpaired) electrons. The molecule has 0 atom stereocenters. The summed E-state index contributed by atoms with van der Waals surface area (Å²) in [7, 11) is 0. The van der Waals surface area contributed by atoms with Crippen LogP contribution in [0.2, 0.25) is 0 Å². The van der Waals surface area contributed by atoms with Crippen LogP contribution in [-0.2, 0) is 4.79 Å². The van der Waals surface area contributed by atoms with Crippen molar-refractivity contribution in [2.24, 2.45) is 5.41 Å². The number of amides is 1. The van der Waals surface area contributed by atoms with Crippen molar-refractivity contribution in [2.45, 2.75) is 59.8 Å². The summed E-state index contributed by atoms with van der Waals surface area (Å²) in [6.07, 6.45) is 5.66. The quantitative estimate of drug-likeness (QED) is 0.831. The zero-order chi connectivity index (χ0) is 14.0. The maximum atomic E-state index is 12.5. The van der Waals surface area contributed by atoms with Crippen LogP contribution in [0.4, 0.5) is 5.69 Å². The molecule has 1 N–H and O–H groups in total. The van der Waals surface area contributed by atoms with Gasteiger partial charge in [0, 0.05) is 11.1 Å². The fourth-order valence-corrected chi connectivity index (χ4v) is 2.95. The summed E-state index contributed by atoms with van der Waals surface area (Å²) < 4.78 is 0. The zero-order valence-corrected chi connectivity index (χ0v) is 12.6. The van der Waals surface area contributed by atoms with Gasteiger partial charge in [-0.1, -0.05) is 26.2 Å². The van der Waals surface area contributed by atoms with E-state index in [1.165, 1.54) is 36.0 Å². The number of carbonyl (C=O) groups excluding carboxylic acids is 1. The SMILES string of the molecule is Cc1cc(NC(=O)C2(C)CCCCC2)cc(C)c1C. The van der Waals surface area contributed by atoms with Crippen LogP contribution >= 0.6 is 0 Å². The summed E-state index contributed by atoms with van der Waals surface area (Å²) in [4.78, 5) is 12.5. The first kappa shape index (κ1) is 14.1. The largest absolute Gasteiger partial charge is 0.326 e. The number of aryl methyl sites for hydroxylation is 2. The third kappa shape index (κ3) is 2.99. The molecule has 2 heteroatoms. The maximum Gasteiger partial charge on any atom is 0.230 e. The number of hydrogen-bond donors (Lipinski definition) is 1. The van der Waals surface area contributed by atoms with Crippen LogP contribution in [0.1, 0.15) is 55.7 Å². The lowest BCUT2D eigenvalue weighted by molar-refractivity contribution is -0.126. The molecule has 1 aliphatic carbocycles. The van der Waals surface area contributed by atoms with Gasteiger partial charge in [-0.2, -0.15) is 0 Å². The third-order valence-corrected chi connectivity index (χ3v) is 4.69. The average Bonchev–Trinajstić information content (AvgIpc) is 2.36. The standard InChI is InChI=1S/C17H25NO/c1-12-10-15(11-13(2)14(12)3)18-16(19)17(4)8-6-5-7-9-17/h10-11H,5-9H2,1-4H3,(H,18,19). The highest BCUT2D eigenvalue weighted by molar-refractivity contribution is 5.95. The van der Waals surface area contributed by atoms with Crippen LogP contribution in [0.25, 0.3) is 0 Å². The van der Waals surface area contributed by atoms with Crippen molar-refractivity contribution in [3.8, 4) is 0 Å². The van der Waals surface area contributed by atoms with E-state index in [-0.39, 0.29) is 11.3 Å². The fourth-order valence-electron chi connectivity index (χ4n) is 2.95. The first-order valence-electron chi connectivity index (χ1n) is 7.32. The topological polar surface area (TPSA) is 29.1 Å². The number of hydrogen-bond acceptors (Lipinski definition) is 1. The van der Waals surface area contributed by atoms with Gasteiger partial charge in [-0.3, -0.25) is 4.79 Å². The lowest BCUT2D eigenvalue weighted by Crippen LogP contribution is -2.35. The Labute approximate surface area is 116 Å². The molecule has 1 aromatic rings. The van der Waals surface area contributed by atoms with E-state index in [9.17, 15) is 4.79 Å². The Morgan fingerprint density at radius 1 is 1.05 bits per heavy atom. The van der Waals surface area contributed by atoms with Gasteiger partial charge in [0.25, 0.3) is 0 Å². The molecular formula is C17H25NO. The molecular weight excluding hydrogens is 234 g/mol. The van der Waals surface area contributed by atoms with E-state index in [4.69, 9.17) is 0 Å². The predicted octanol–water partition coefficient (Wildman–Crippen LogP) is 4.52. The fraction of sp³-hybridized carbons (Fsp3) is 0.588. The summed E-state index contributed by atoms with van der Waals surface area (Å²) in [5, 5.41) is 3.12. The Morgan fingerprint density at radius 3 is 2.11 bits per heavy atom. The molecule has 0 aliphatic heterocycles. The van der Waals surface area contributed by atoms with Crippen LogP contribution in [-0.4, -0.2) is 5.91 Å². The molecule has 1 aromatic carbocycles. The first-order valence-corrected chi connectivity index (χ1v) is 7.32. The van der Waals surface area contributed by atoms with Crippen molar-refractivity contribution in [3.63, 3.8) is 0 Å². The van der Waals surface area contributed by atoms with Crippen molar-refractivity contribution >= 4 is 11.6 Å². The smallest absolute Gasteiger partial charge is 0.230 e. The summed E-state index contributed by atoms with van der Waals surface area (Å²) in [5.74, 6) is 0.190.